The van der Waals surface area contributed by atoms with Crippen LogP contribution in [0.5, 0.6) is 11.6 Å². The second kappa shape index (κ2) is 5.17. The number of nitriles is 1. The molecule has 0 aliphatic carbocycles. The minimum atomic E-state index is -0.420. The van der Waals surface area contributed by atoms with Gasteiger partial charge in [-0.1, -0.05) is 6.07 Å². The van der Waals surface area contributed by atoms with Gasteiger partial charge in [0.25, 0.3) is 0 Å². The van der Waals surface area contributed by atoms with E-state index in [1.807, 2.05) is 6.92 Å². The molecule has 0 aliphatic rings. The van der Waals surface area contributed by atoms with Gasteiger partial charge in [0, 0.05) is 0 Å². The Morgan fingerprint density at radius 2 is 2.05 bits per heavy atom. The van der Waals surface area contributed by atoms with Crippen LogP contribution < -0.4 is 4.74 Å². The number of benzene rings is 2. The molecule has 0 amide bonds. The Balaban J connectivity index is 2.07. The largest absolute Gasteiger partial charge is 0.438 e. The van der Waals surface area contributed by atoms with Gasteiger partial charge >= 0.3 is 0 Å². The summed E-state index contributed by atoms with van der Waals surface area (Å²) in [5, 5.41) is 9.36. The molecule has 3 rings (SSSR count). The van der Waals surface area contributed by atoms with Gasteiger partial charge in [0.2, 0.25) is 5.88 Å². The van der Waals surface area contributed by atoms with Crippen molar-refractivity contribution in [3.8, 4) is 17.7 Å². The Bertz CT molecular complexity index is 871. The van der Waals surface area contributed by atoms with Crippen molar-refractivity contribution in [2.24, 2.45) is 0 Å². The number of hydrogen-bond acceptors (Lipinski definition) is 4. The molecule has 1 heterocycles. The third kappa shape index (κ3) is 2.39. The lowest BCUT2D eigenvalue weighted by Crippen LogP contribution is -1.94. The fourth-order valence-corrected chi connectivity index (χ4v) is 2.05. The summed E-state index contributed by atoms with van der Waals surface area (Å²) in [5.41, 5.74) is 1.57. The van der Waals surface area contributed by atoms with Crippen molar-refractivity contribution in [3.63, 3.8) is 0 Å². The third-order valence-electron chi connectivity index (χ3n) is 3.09. The lowest BCUT2D eigenvalue weighted by molar-refractivity contribution is 0.464. The fourth-order valence-electron chi connectivity index (χ4n) is 2.05. The molecule has 0 saturated heterocycles. The first-order valence-corrected chi connectivity index (χ1v) is 6.27. The number of rotatable bonds is 2. The van der Waals surface area contributed by atoms with E-state index in [0.29, 0.717) is 16.7 Å². The summed E-state index contributed by atoms with van der Waals surface area (Å²) in [6.07, 6.45) is 1.26. The van der Waals surface area contributed by atoms with Crippen LogP contribution >= 0.6 is 0 Å². The second-order valence-corrected chi connectivity index (χ2v) is 4.51. The van der Waals surface area contributed by atoms with E-state index in [1.165, 1.54) is 12.4 Å². The Kier molecular flexibility index (Phi) is 3.20. The van der Waals surface area contributed by atoms with E-state index in [-0.39, 0.29) is 11.4 Å². The zero-order chi connectivity index (χ0) is 14.8. The normalized spacial score (nSPS) is 10.3. The lowest BCUT2D eigenvalue weighted by Gasteiger charge is -2.10. The smallest absolute Gasteiger partial charge is 0.230 e. The van der Waals surface area contributed by atoms with E-state index >= 15 is 0 Å². The minimum absolute atomic E-state index is 0.216. The van der Waals surface area contributed by atoms with Gasteiger partial charge in [0.15, 0.2) is 0 Å². The molecule has 0 atom stereocenters. The van der Waals surface area contributed by atoms with Gasteiger partial charge in [-0.25, -0.2) is 14.4 Å². The molecule has 0 spiro atoms. The van der Waals surface area contributed by atoms with E-state index in [0.717, 1.165) is 5.56 Å². The fraction of sp³-hybridized carbons (Fsp3) is 0.0625. The van der Waals surface area contributed by atoms with Crippen LogP contribution in [-0.2, 0) is 0 Å². The van der Waals surface area contributed by atoms with Crippen LogP contribution in [0.3, 0.4) is 0 Å². The number of aromatic nitrogens is 2. The van der Waals surface area contributed by atoms with Gasteiger partial charge in [-0.3, -0.25) is 0 Å². The van der Waals surface area contributed by atoms with Crippen molar-refractivity contribution in [2.45, 2.75) is 6.92 Å². The van der Waals surface area contributed by atoms with Gasteiger partial charge in [0.05, 0.1) is 17.0 Å². The van der Waals surface area contributed by atoms with Crippen molar-refractivity contribution in [1.29, 1.82) is 5.26 Å². The van der Waals surface area contributed by atoms with Crippen LogP contribution in [0.25, 0.3) is 10.9 Å². The maximum atomic E-state index is 13.7. The molecule has 21 heavy (non-hydrogen) atoms. The average Bonchev–Trinajstić information content (AvgIpc) is 2.50. The monoisotopic (exact) mass is 279 g/mol. The molecule has 2 aromatic carbocycles. The first kappa shape index (κ1) is 13.0. The molecule has 0 saturated carbocycles. The molecule has 0 aliphatic heterocycles. The Morgan fingerprint density at radius 3 is 2.81 bits per heavy atom. The van der Waals surface area contributed by atoms with Crippen molar-refractivity contribution >= 4 is 10.9 Å². The van der Waals surface area contributed by atoms with Crippen LogP contribution in [0.2, 0.25) is 0 Å². The van der Waals surface area contributed by atoms with E-state index in [4.69, 9.17) is 10.00 Å². The number of ether oxygens (including phenoxy) is 1. The predicted molar refractivity (Wildman–Crippen MR) is 75.5 cm³/mol. The maximum absolute atomic E-state index is 13.7. The van der Waals surface area contributed by atoms with Gasteiger partial charge < -0.3 is 4.74 Å². The summed E-state index contributed by atoms with van der Waals surface area (Å²) < 4.78 is 19.5. The number of nitrogens with zero attached hydrogens (tertiary/aromatic N) is 3. The molecule has 0 N–H and O–H groups in total. The molecular formula is C16H10FN3O. The molecule has 3 aromatic rings. The van der Waals surface area contributed by atoms with Crippen molar-refractivity contribution in [1.82, 2.24) is 9.97 Å². The predicted octanol–water partition coefficient (Wildman–Crippen LogP) is 3.74. The molecule has 102 valence electrons. The van der Waals surface area contributed by atoms with Crippen molar-refractivity contribution in [2.75, 3.05) is 0 Å². The summed E-state index contributed by atoms with van der Waals surface area (Å²) >= 11 is 0. The van der Waals surface area contributed by atoms with Gasteiger partial charge in [-0.05, 0) is 42.8 Å². The first-order valence-electron chi connectivity index (χ1n) is 6.27. The number of halogens is 1. The van der Waals surface area contributed by atoms with E-state index < -0.39 is 5.82 Å². The first-order chi connectivity index (χ1) is 10.2. The maximum Gasteiger partial charge on any atom is 0.230 e. The highest BCUT2D eigenvalue weighted by molar-refractivity contribution is 5.83. The van der Waals surface area contributed by atoms with E-state index in [9.17, 15) is 4.39 Å². The molecule has 0 bridgehead atoms. The third-order valence-corrected chi connectivity index (χ3v) is 3.09. The molecular weight excluding hydrogens is 269 g/mol. The minimum Gasteiger partial charge on any atom is -0.438 e. The van der Waals surface area contributed by atoms with Crippen LogP contribution in [-0.4, -0.2) is 9.97 Å². The molecule has 5 heteroatoms. The molecule has 0 fully saturated rings. The summed E-state index contributed by atoms with van der Waals surface area (Å²) in [4.78, 5) is 7.99. The second-order valence-electron chi connectivity index (χ2n) is 4.51. The van der Waals surface area contributed by atoms with E-state index in [1.54, 1.807) is 30.3 Å². The summed E-state index contributed by atoms with van der Waals surface area (Å²) in [7, 11) is 0. The SMILES string of the molecule is Cc1cc(C#N)ccc1Oc1ncnc2c(F)cccc12. The van der Waals surface area contributed by atoms with Crippen molar-refractivity contribution < 1.29 is 9.13 Å². The van der Waals surface area contributed by atoms with Gasteiger partial charge in [0.1, 0.15) is 23.4 Å². The number of hydrogen-bond donors (Lipinski definition) is 0. The van der Waals surface area contributed by atoms with Crippen LogP contribution in [0.4, 0.5) is 4.39 Å². The average molecular weight is 279 g/mol. The van der Waals surface area contributed by atoms with Crippen molar-refractivity contribution in [3.05, 3.63) is 59.7 Å². The lowest BCUT2D eigenvalue weighted by atomic mass is 10.1. The zero-order valence-electron chi connectivity index (χ0n) is 11.2. The van der Waals surface area contributed by atoms with Crippen LogP contribution in [0, 0.1) is 24.1 Å². The molecule has 0 radical (unpaired) electrons. The van der Waals surface area contributed by atoms with Crippen LogP contribution in [0.1, 0.15) is 11.1 Å². The molecule has 0 unspecified atom stereocenters. The number of fused-ring (bicyclic) bond motifs is 1. The van der Waals surface area contributed by atoms with Gasteiger partial charge in [-0.15, -0.1) is 0 Å². The summed E-state index contributed by atoms with van der Waals surface area (Å²) in [6.45, 7) is 1.83. The van der Waals surface area contributed by atoms with Gasteiger partial charge in [-0.2, -0.15) is 5.26 Å². The topological polar surface area (TPSA) is 58.8 Å². The van der Waals surface area contributed by atoms with Crippen LogP contribution in [0.15, 0.2) is 42.7 Å². The van der Waals surface area contributed by atoms with E-state index in [2.05, 4.69) is 16.0 Å². The summed E-state index contributed by atoms with van der Waals surface area (Å²) in [5.74, 6) is 0.432. The Morgan fingerprint density at radius 1 is 1.19 bits per heavy atom. The summed E-state index contributed by atoms with van der Waals surface area (Å²) in [6, 6.07) is 11.8. The highest BCUT2D eigenvalue weighted by Crippen LogP contribution is 2.29. The highest BCUT2D eigenvalue weighted by Gasteiger charge is 2.10. The number of para-hydroxylation sites is 1. The quantitative estimate of drug-likeness (QED) is 0.717. The standard InChI is InChI=1S/C16H10FN3O/c1-10-7-11(8-18)5-6-14(10)21-16-12-3-2-4-13(17)15(12)19-9-20-16/h2-7,9H,1H3. The highest BCUT2D eigenvalue weighted by atomic mass is 19.1. The molecule has 1 aromatic heterocycles. The molecule has 4 nitrogen and oxygen atoms in total. The zero-order valence-corrected chi connectivity index (χ0v) is 11.2. The Hall–Kier alpha value is -3.00. The Labute approximate surface area is 120 Å². The number of aryl methyl sites for hydroxylation is 1.